The average Bonchev–Trinajstić information content (AvgIpc) is 3.51. The van der Waals surface area contributed by atoms with Gasteiger partial charge in [-0.2, -0.15) is 0 Å². The van der Waals surface area contributed by atoms with Crippen molar-refractivity contribution >= 4 is 34.3 Å². The van der Waals surface area contributed by atoms with Crippen LogP contribution in [0.4, 0.5) is 5.69 Å². The molecular weight excluding hydrogens is 600 g/mol. The number of benzene rings is 3. The van der Waals surface area contributed by atoms with Gasteiger partial charge in [0.05, 0.1) is 30.0 Å². The van der Waals surface area contributed by atoms with Gasteiger partial charge >= 0.3 is 0 Å². The van der Waals surface area contributed by atoms with Crippen LogP contribution in [-0.2, 0) is 23.5 Å². The first kappa shape index (κ1) is 31.6. The third-order valence-corrected chi connectivity index (χ3v) is 8.45. The molecule has 5 rings (SSSR count). The first-order chi connectivity index (χ1) is 21.9. The fraction of sp³-hybridized carbons (Fsp3) is 0.344. The molecule has 0 spiro atoms. The number of rotatable bonds is 15. The molecule has 236 valence electrons. The van der Waals surface area contributed by atoms with Crippen molar-refractivity contribution in [2.45, 2.75) is 49.6 Å². The number of thioether (sulfide) groups is 1. The predicted molar refractivity (Wildman–Crippen MR) is 170 cm³/mol. The molecule has 1 aromatic heterocycles. The molecule has 1 amide bonds. The summed E-state index contributed by atoms with van der Waals surface area (Å²) in [5, 5.41) is 14.9. The molecule has 3 aromatic carbocycles. The molecular formula is C32H34N4O8S. The zero-order valence-corrected chi connectivity index (χ0v) is 25.9. The number of aromatic nitrogens is 2. The largest absolute Gasteiger partial charge is 0.493 e. The second-order valence-electron chi connectivity index (χ2n) is 10.4. The fourth-order valence-corrected chi connectivity index (χ4v) is 5.94. The van der Waals surface area contributed by atoms with Crippen molar-refractivity contribution in [1.82, 2.24) is 14.9 Å². The second-order valence-corrected chi connectivity index (χ2v) is 11.3. The van der Waals surface area contributed by atoms with Gasteiger partial charge in [-0.25, -0.2) is 4.98 Å². The average molecular weight is 635 g/mol. The molecule has 1 N–H and O–H groups in total. The molecule has 0 radical (unpaired) electrons. The number of amides is 1. The lowest BCUT2D eigenvalue weighted by atomic mass is 10.1. The minimum atomic E-state index is -0.437. The van der Waals surface area contributed by atoms with E-state index in [0.717, 1.165) is 17.5 Å². The Balaban J connectivity index is 1.17. The summed E-state index contributed by atoms with van der Waals surface area (Å²) in [6.07, 6.45) is 3.18. The smallest absolute Gasteiger partial charge is 0.269 e. The quantitative estimate of drug-likeness (QED) is 0.0604. The zero-order valence-electron chi connectivity index (χ0n) is 25.1. The van der Waals surface area contributed by atoms with Crippen molar-refractivity contribution in [3.05, 3.63) is 86.2 Å². The normalized spacial score (nSPS) is 11.9. The number of ether oxygens (including phenoxy) is 4. The van der Waals surface area contributed by atoms with Gasteiger partial charge in [0, 0.05) is 43.5 Å². The highest BCUT2D eigenvalue weighted by Gasteiger charge is 2.19. The molecule has 0 fully saturated rings. The first-order valence-electron chi connectivity index (χ1n) is 14.5. The van der Waals surface area contributed by atoms with Crippen LogP contribution in [0.25, 0.3) is 10.9 Å². The van der Waals surface area contributed by atoms with Gasteiger partial charge in [0.1, 0.15) is 0 Å². The van der Waals surface area contributed by atoms with Gasteiger partial charge in [0.25, 0.3) is 11.2 Å². The number of nitrogens with one attached hydrogen (secondary N) is 1. The Hall–Kier alpha value is -4.78. The number of fused-ring (bicyclic) bond motifs is 2. The van der Waals surface area contributed by atoms with Crippen LogP contribution in [0.3, 0.4) is 0 Å². The van der Waals surface area contributed by atoms with E-state index >= 15 is 0 Å². The molecule has 0 saturated carbocycles. The van der Waals surface area contributed by atoms with E-state index in [1.165, 1.54) is 23.9 Å². The highest BCUT2D eigenvalue weighted by atomic mass is 32.2. The zero-order chi connectivity index (χ0) is 31.8. The number of nitro groups is 1. The fourth-order valence-electron chi connectivity index (χ4n) is 4.96. The molecule has 4 aromatic rings. The number of hydrogen-bond donors (Lipinski definition) is 1. The standard InChI is InChI=1S/C32H34N4O8S/c1-41-26-12-9-21(16-27(26)42-2)13-14-33-30(37)6-4-3-5-15-35-31(38)24-17-28-29(44-20-43-28)18-25(24)34-32(35)45-19-22-7-10-23(11-8-22)36(39)40/h7-12,16-18H,3-6,13-15,19-20H2,1-2H3,(H,33,37). The van der Waals surface area contributed by atoms with Crippen LogP contribution in [0.15, 0.2) is 64.5 Å². The maximum absolute atomic E-state index is 13.6. The van der Waals surface area contributed by atoms with E-state index in [1.807, 2.05) is 18.2 Å². The van der Waals surface area contributed by atoms with Gasteiger partial charge in [-0.1, -0.05) is 36.4 Å². The van der Waals surface area contributed by atoms with Gasteiger partial charge in [0.15, 0.2) is 28.2 Å². The second kappa shape index (κ2) is 14.8. The maximum atomic E-state index is 13.6. The van der Waals surface area contributed by atoms with E-state index in [2.05, 4.69) is 5.32 Å². The number of unbranched alkanes of at least 4 members (excludes halogenated alkanes) is 2. The topological polar surface area (TPSA) is 144 Å². The van der Waals surface area contributed by atoms with Crippen molar-refractivity contribution < 1.29 is 28.7 Å². The number of carbonyl (C=O) groups excluding carboxylic acids is 1. The summed E-state index contributed by atoms with van der Waals surface area (Å²) in [5.74, 6) is 2.83. The Morgan fingerprint density at radius 3 is 2.47 bits per heavy atom. The third-order valence-electron chi connectivity index (χ3n) is 7.40. The van der Waals surface area contributed by atoms with Crippen molar-refractivity contribution in [3.8, 4) is 23.0 Å². The molecule has 12 nitrogen and oxygen atoms in total. The summed E-state index contributed by atoms with van der Waals surface area (Å²) in [7, 11) is 3.18. The highest BCUT2D eigenvalue weighted by Crippen LogP contribution is 2.35. The van der Waals surface area contributed by atoms with Crippen molar-refractivity contribution in [1.29, 1.82) is 0 Å². The minimum Gasteiger partial charge on any atom is -0.493 e. The molecule has 2 heterocycles. The van der Waals surface area contributed by atoms with Crippen LogP contribution >= 0.6 is 11.8 Å². The van der Waals surface area contributed by atoms with Crippen LogP contribution in [0.1, 0.15) is 36.8 Å². The summed E-state index contributed by atoms with van der Waals surface area (Å²) in [4.78, 5) is 41.4. The number of nitrogens with zero attached hydrogens (tertiary/aromatic N) is 3. The molecule has 45 heavy (non-hydrogen) atoms. The molecule has 1 aliphatic heterocycles. The van der Waals surface area contributed by atoms with Gasteiger partial charge in [-0.3, -0.25) is 24.3 Å². The van der Waals surface area contributed by atoms with E-state index in [9.17, 15) is 19.7 Å². The lowest BCUT2D eigenvalue weighted by Crippen LogP contribution is -2.25. The number of nitro benzene ring substituents is 1. The summed E-state index contributed by atoms with van der Waals surface area (Å²) >= 11 is 1.39. The van der Waals surface area contributed by atoms with Crippen LogP contribution in [0.5, 0.6) is 23.0 Å². The summed E-state index contributed by atoms with van der Waals surface area (Å²) < 4.78 is 23.2. The molecule has 0 atom stereocenters. The molecule has 0 bridgehead atoms. The minimum absolute atomic E-state index is 0.0181. The molecule has 1 aliphatic rings. The Labute approximate surface area is 263 Å². The van der Waals surface area contributed by atoms with Crippen LogP contribution in [0.2, 0.25) is 0 Å². The number of hydrogen-bond acceptors (Lipinski definition) is 10. The Kier molecular flexibility index (Phi) is 10.4. The van der Waals surface area contributed by atoms with Crippen LogP contribution < -0.4 is 29.8 Å². The maximum Gasteiger partial charge on any atom is 0.269 e. The monoisotopic (exact) mass is 634 g/mol. The van der Waals surface area contributed by atoms with Gasteiger partial charge < -0.3 is 24.3 Å². The summed E-state index contributed by atoms with van der Waals surface area (Å²) in [5.41, 5.74) is 2.25. The Morgan fingerprint density at radius 1 is 1.00 bits per heavy atom. The lowest BCUT2D eigenvalue weighted by molar-refractivity contribution is -0.384. The number of non-ortho nitro benzene ring substituents is 1. The van der Waals surface area contributed by atoms with E-state index in [-0.39, 0.29) is 23.9 Å². The van der Waals surface area contributed by atoms with Crippen LogP contribution in [0, 0.1) is 10.1 Å². The van der Waals surface area contributed by atoms with E-state index in [1.54, 1.807) is 43.1 Å². The molecule has 0 unspecified atom stereocenters. The highest BCUT2D eigenvalue weighted by molar-refractivity contribution is 7.98. The van der Waals surface area contributed by atoms with Crippen molar-refractivity contribution in [2.75, 3.05) is 27.6 Å². The van der Waals surface area contributed by atoms with Gasteiger partial charge in [0.2, 0.25) is 12.7 Å². The molecule has 13 heteroatoms. The summed E-state index contributed by atoms with van der Waals surface area (Å²) in [6.45, 7) is 1.03. The summed E-state index contributed by atoms with van der Waals surface area (Å²) in [6, 6.07) is 15.4. The van der Waals surface area contributed by atoms with Crippen molar-refractivity contribution in [3.63, 3.8) is 0 Å². The van der Waals surface area contributed by atoms with Crippen LogP contribution in [-0.4, -0.2) is 47.9 Å². The Morgan fingerprint density at radius 2 is 1.73 bits per heavy atom. The Bertz CT molecular complexity index is 1740. The third kappa shape index (κ3) is 7.85. The molecule has 0 aliphatic carbocycles. The van der Waals surface area contributed by atoms with Gasteiger partial charge in [-0.15, -0.1) is 0 Å². The van der Waals surface area contributed by atoms with Crippen molar-refractivity contribution in [2.24, 2.45) is 0 Å². The lowest BCUT2D eigenvalue weighted by Gasteiger charge is -2.14. The van der Waals surface area contributed by atoms with E-state index in [4.69, 9.17) is 23.9 Å². The predicted octanol–water partition coefficient (Wildman–Crippen LogP) is 5.26. The number of methoxy groups -OCH3 is 2. The van der Waals surface area contributed by atoms with Gasteiger partial charge in [-0.05, 0) is 48.6 Å². The molecule has 0 saturated heterocycles. The van der Waals surface area contributed by atoms with E-state index in [0.29, 0.717) is 83.6 Å². The SMILES string of the molecule is COc1ccc(CCNC(=O)CCCCCn2c(SCc3ccc([N+](=O)[O-])cc3)nc3cc4c(cc3c2=O)OCO4)cc1OC. The number of carbonyl (C=O) groups is 1. The first-order valence-corrected chi connectivity index (χ1v) is 15.5. The van der Waals surface area contributed by atoms with E-state index < -0.39 is 4.92 Å².